The van der Waals surface area contributed by atoms with Crippen LogP contribution in [0.1, 0.15) is 20.8 Å². The van der Waals surface area contributed by atoms with E-state index >= 15 is 0 Å². The molecule has 0 aliphatic rings. The number of hydrogen-bond acceptors (Lipinski definition) is 7. The van der Waals surface area contributed by atoms with E-state index in [1.807, 2.05) is 0 Å². The maximum atomic E-state index is 11.9. The van der Waals surface area contributed by atoms with Gasteiger partial charge < -0.3 is 21.1 Å². The highest BCUT2D eigenvalue weighted by Gasteiger charge is 2.14. The number of nitrogens with zero attached hydrogens (tertiary/aromatic N) is 1. The number of carbonyl (C=O) groups excluding carboxylic acids is 3. The molecule has 0 unspecified atom stereocenters. The average molecular weight is 360 g/mol. The molecular weight excluding hydrogens is 344 g/mol. The van der Waals surface area contributed by atoms with Crippen molar-refractivity contribution in [2.45, 2.75) is 0 Å². The van der Waals surface area contributed by atoms with Crippen LogP contribution < -0.4 is 16.4 Å². The number of aromatic nitrogens is 1. The van der Waals surface area contributed by atoms with Crippen molar-refractivity contribution in [3.8, 4) is 0 Å². The van der Waals surface area contributed by atoms with E-state index in [2.05, 4.69) is 22.2 Å². The Morgan fingerprint density at radius 3 is 2.64 bits per heavy atom. The molecule has 0 aliphatic carbocycles. The summed E-state index contributed by atoms with van der Waals surface area (Å²) in [7, 11) is 0. The first-order chi connectivity index (χ1) is 12.0. The van der Waals surface area contributed by atoms with Crippen molar-refractivity contribution in [1.29, 1.82) is 0 Å². The highest BCUT2D eigenvalue weighted by molar-refractivity contribution is 7.13. The Kier molecular flexibility index (Phi) is 6.24. The van der Waals surface area contributed by atoms with E-state index in [0.29, 0.717) is 22.9 Å². The number of esters is 1. The number of thiazole rings is 1. The third kappa shape index (κ3) is 5.43. The summed E-state index contributed by atoms with van der Waals surface area (Å²) in [5, 5.41) is 7.58. The molecule has 2 amide bonds. The molecule has 0 radical (unpaired) electrons. The zero-order valence-corrected chi connectivity index (χ0v) is 14.0. The summed E-state index contributed by atoms with van der Waals surface area (Å²) in [6, 6.07) is 6.02. The maximum absolute atomic E-state index is 11.9. The number of carbonyl (C=O) groups is 3. The summed E-state index contributed by atoms with van der Waals surface area (Å²) in [5.41, 5.74) is 6.03. The van der Waals surface area contributed by atoms with Crippen LogP contribution >= 0.6 is 11.3 Å². The quantitative estimate of drug-likeness (QED) is 0.486. The van der Waals surface area contributed by atoms with Crippen molar-refractivity contribution >= 4 is 39.9 Å². The summed E-state index contributed by atoms with van der Waals surface area (Å²) in [6.07, 6.45) is 1.67. The first kappa shape index (κ1) is 18.1. The van der Waals surface area contributed by atoms with Crippen molar-refractivity contribution < 1.29 is 19.1 Å². The number of hydrogen-bond donors (Lipinski definition) is 3. The largest absolute Gasteiger partial charge is 0.451 e. The average Bonchev–Trinajstić information content (AvgIpc) is 3.07. The Labute approximate surface area is 147 Å². The Bertz CT molecular complexity index is 786. The van der Waals surface area contributed by atoms with E-state index in [1.54, 1.807) is 6.08 Å². The fourth-order valence-electron chi connectivity index (χ4n) is 1.73. The van der Waals surface area contributed by atoms with Gasteiger partial charge in [0, 0.05) is 23.2 Å². The predicted molar refractivity (Wildman–Crippen MR) is 94.7 cm³/mol. The van der Waals surface area contributed by atoms with Crippen LogP contribution in [-0.4, -0.2) is 35.9 Å². The molecule has 4 N–H and O–H groups in total. The maximum Gasteiger partial charge on any atom is 0.358 e. The zero-order valence-electron chi connectivity index (χ0n) is 13.2. The molecule has 0 aliphatic heterocycles. The van der Waals surface area contributed by atoms with Crippen LogP contribution in [0.25, 0.3) is 0 Å². The molecule has 0 saturated heterocycles. The van der Waals surface area contributed by atoms with E-state index in [-0.39, 0.29) is 5.69 Å². The first-order valence-corrected chi connectivity index (χ1v) is 8.04. The lowest BCUT2D eigenvalue weighted by atomic mass is 10.2. The number of benzene rings is 1. The molecule has 2 aromatic rings. The smallest absolute Gasteiger partial charge is 0.358 e. The molecule has 2 rings (SSSR count). The van der Waals surface area contributed by atoms with Gasteiger partial charge in [-0.2, -0.15) is 0 Å². The van der Waals surface area contributed by atoms with Crippen LogP contribution in [0.2, 0.25) is 0 Å². The van der Waals surface area contributed by atoms with Crippen LogP contribution in [0.15, 0.2) is 42.3 Å². The van der Waals surface area contributed by atoms with Gasteiger partial charge in [0.15, 0.2) is 17.4 Å². The van der Waals surface area contributed by atoms with Crippen LogP contribution in [0.4, 0.5) is 10.8 Å². The summed E-state index contributed by atoms with van der Waals surface area (Å²) in [6.45, 7) is 3.64. The molecular formula is C16H16N4O4S. The number of primary amides is 1. The number of nitrogens with two attached hydrogens (primary N) is 1. The summed E-state index contributed by atoms with van der Waals surface area (Å²) >= 11 is 1.25. The van der Waals surface area contributed by atoms with Gasteiger partial charge in [-0.25, -0.2) is 9.78 Å². The monoisotopic (exact) mass is 360 g/mol. The van der Waals surface area contributed by atoms with Gasteiger partial charge in [-0.1, -0.05) is 6.08 Å². The van der Waals surface area contributed by atoms with E-state index in [0.717, 1.165) is 0 Å². The van der Waals surface area contributed by atoms with E-state index < -0.39 is 24.4 Å². The SMILES string of the molecule is C=CCNc1nc(C(=O)OCC(=O)Nc2ccc(C(N)=O)cc2)cs1. The highest BCUT2D eigenvalue weighted by atomic mass is 32.1. The van der Waals surface area contributed by atoms with E-state index in [1.165, 1.54) is 41.0 Å². The standard InChI is InChI=1S/C16H16N4O4S/c1-2-7-18-16-20-12(9-25-16)15(23)24-8-13(21)19-11-5-3-10(4-6-11)14(17)22/h2-6,9H,1,7-8H2,(H2,17,22)(H,18,20)(H,19,21). The van der Waals surface area contributed by atoms with Crippen molar-refractivity contribution in [2.24, 2.45) is 5.73 Å². The number of anilines is 2. The second-order valence-corrected chi connectivity index (χ2v) is 5.63. The molecule has 0 fully saturated rings. The van der Waals surface area contributed by atoms with Crippen molar-refractivity contribution in [3.63, 3.8) is 0 Å². The summed E-state index contributed by atoms with van der Waals surface area (Å²) < 4.78 is 4.91. The molecule has 0 atom stereocenters. The molecule has 1 aromatic carbocycles. The predicted octanol–water partition coefficient (Wildman–Crippen LogP) is 1.64. The van der Waals surface area contributed by atoms with E-state index in [9.17, 15) is 14.4 Å². The van der Waals surface area contributed by atoms with Gasteiger partial charge in [0.25, 0.3) is 5.91 Å². The van der Waals surface area contributed by atoms with Gasteiger partial charge >= 0.3 is 5.97 Å². The molecule has 0 bridgehead atoms. The highest BCUT2D eigenvalue weighted by Crippen LogP contribution is 2.16. The minimum Gasteiger partial charge on any atom is -0.451 e. The molecule has 8 nitrogen and oxygen atoms in total. The Balaban J connectivity index is 1.82. The van der Waals surface area contributed by atoms with Crippen LogP contribution in [0, 0.1) is 0 Å². The lowest BCUT2D eigenvalue weighted by Crippen LogP contribution is -2.21. The van der Waals surface area contributed by atoms with Crippen LogP contribution in [0.5, 0.6) is 0 Å². The Morgan fingerprint density at radius 1 is 1.28 bits per heavy atom. The fraction of sp³-hybridized carbons (Fsp3) is 0.125. The van der Waals surface area contributed by atoms with Crippen molar-refractivity contribution in [1.82, 2.24) is 4.98 Å². The van der Waals surface area contributed by atoms with Crippen LogP contribution in [-0.2, 0) is 9.53 Å². The van der Waals surface area contributed by atoms with Crippen LogP contribution in [0.3, 0.4) is 0 Å². The number of ether oxygens (including phenoxy) is 1. The number of rotatable bonds is 8. The second kappa shape index (κ2) is 8.60. The van der Waals surface area contributed by atoms with Gasteiger partial charge in [0.1, 0.15) is 0 Å². The molecule has 25 heavy (non-hydrogen) atoms. The minimum absolute atomic E-state index is 0.121. The number of amides is 2. The van der Waals surface area contributed by atoms with Gasteiger partial charge in [-0.3, -0.25) is 9.59 Å². The third-order valence-electron chi connectivity index (χ3n) is 2.90. The first-order valence-electron chi connectivity index (χ1n) is 7.16. The molecule has 0 saturated carbocycles. The van der Waals surface area contributed by atoms with E-state index in [4.69, 9.17) is 10.5 Å². The molecule has 9 heteroatoms. The third-order valence-corrected chi connectivity index (χ3v) is 3.70. The van der Waals surface area contributed by atoms with Gasteiger partial charge in [0.05, 0.1) is 0 Å². The lowest BCUT2D eigenvalue weighted by Gasteiger charge is -2.06. The Morgan fingerprint density at radius 2 is 2.00 bits per heavy atom. The Hall–Kier alpha value is -3.20. The van der Waals surface area contributed by atoms with Crippen molar-refractivity contribution in [2.75, 3.05) is 23.8 Å². The second-order valence-electron chi connectivity index (χ2n) is 4.77. The summed E-state index contributed by atoms with van der Waals surface area (Å²) in [4.78, 5) is 38.7. The summed E-state index contributed by atoms with van der Waals surface area (Å²) in [5.74, 6) is -1.76. The molecule has 1 aromatic heterocycles. The lowest BCUT2D eigenvalue weighted by molar-refractivity contribution is -0.119. The van der Waals surface area contributed by atoms with Gasteiger partial charge in [-0.05, 0) is 24.3 Å². The zero-order chi connectivity index (χ0) is 18.2. The molecule has 0 spiro atoms. The van der Waals surface area contributed by atoms with Crippen molar-refractivity contribution in [3.05, 3.63) is 53.6 Å². The number of nitrogens with one attached hydrogen (secondary N) is 2. The van der Waals surface area contributed by atoms with Gasteiger partial charge in [0.2, 0.25) is 5.91 Å². The van der Waals surface area contributed by atoms with Gasteiger partial charge in [-0.15, -0.1) is 17.9 Å². The minimum atomic E-state index is -0.692. The molecule has 130 valence electrons. The topological polar surface area (TPSA) is 123 Å². The molecule has 1 heterocycles. The normalized spacial score (nSPS) is 9.92. The fourth-order valence-corrected chi connectivity index (χ4v) is 2.42.